The van der Waals surface area contributed by atoms with Crippen LogP contribution in [-0.2, 0) is 11.2 Å². The maximum atomic E-state index is 7.66. The van der Waals surface area contributed by atoms with Gasteiger partial charge in [-0.15, -0.1) is 0 Å². The molecule has 5 heteroatoms. The largest absolute Gasteiger partial charge is 0.497 e. The van der Waals surface area contributed by atoms with Crippen LogP contribution < -0.4 is 14.8 Å². The number of benzene rings is 2. The van der Waals surface area contributed by atoms with E-state index in [4.69, 9.17) is 19.6 Å². The molecular weight excluding hydrogens is 328 g/mol. The predicted octanol–water partition coefficient (Wildman–Crippen LogP) is 4.23. The topological polar surface area (TPSA) is 63.6 Å². The summed E-state index contributed by atoms with van der Waals surface area (Å²) in [6, 6.07) is 12.0. The number of hydrogen-bond donors (Lipinski definition) is 2. The normalized spacial score (nSPS) is 16.8. The SMILES string of the molecule is COc1cc(Cc2ccc(C=N)c(NC3CCCCO3)c2)cc(OC)c1. The minimum atomic E-state index is 0.0228. The molecule has 138 valence electrons. The third-order valence-corrected chi connectivity index (χ3v) is 4.59. The highest BCUT2D eigenvalue weighted by atomic mass is 16.5. The molecule has 1 saturated heterocycles. The molecule has 5 nitrogen and oxygen atoms in total. The fourth-order valence-electron chi connectivity index (χ4n) is 3.20. The van der Waals surface area contributed by atoms with Crippen LogP contribution in [0.1, 0.15) is 36.0 Å². The van der Waals surface area contributed by atoms with Crippen molar-refractivity contribution in [2.45, 2.75) is 31.9 Å². The standard InChI is InChI=1S/C21H26N2O3/c1-24-18-10-16(11-19(13-18)25-2)9-15-6-7-17(14-22)20(12-15)23-21-5-3-4-8-26-21/h6-7,10-14,21-23H,3-5,8-9H2,1-2H3. The van der Waals surface area contributed by atoms with Gasteiger partial charge in [0, 0.05) is 30.1 Å². The van der Waals surface area contributed by atoms with Gasteiger partial charge in [0.2, 0.25) is 0 Å². The van der Waals surface area contributed by atoms with Crippen LogP contribution in [0.2, 0.25) is 0 Å². The van der Waals surface area contributed by atoms with Crippen LogP contribution >= 0.6 is 0 Å². The quantitative estimate of drug-likeness (QED) is 0.730. The highest BCUT2D eigenvalue weighted by Gasteiger charge is 2.15. The van der Waals surface area contributed by atoms with E-state index in [1.54, 1.807) is 14.2 Å². The molecule has 2 aromatic carbocycles. The number of rotatable bonds is 7. The molecule has 1 heterocycles. The second-order valence-corrected chi connectivity index (χ2v) is 6.46. The second kappa shape index (κ2) is 8.72. The van der Waals surface area contributed by atoms with Crippen molar-refractivity contribution in [2.24, 2.45) is 0 Å². The van der Waals surface area contributed by atoms with Crippen molar-refractivity contribution in [1.29, 1.82) is 5.41 Å². The van der Waals surface area contributed by atoms with Crippen molar-refractivity contribution >= 4 is 11.9 Å². The van der Waals surface area contributed by atoms with Crippen molar-refractivity contribution in [2.75, 3.05) is 26.1 Å². The lowest BCUT2D eigenvalue weighted by atomic mass is 10.0. The van der Waals surface area contributed by atoms with Gasteiger partial charge in [0.1, 0.15) is 17.7 Å². The summed E-state index contributed by atoms with van der Waals surface area (Å²) in [6.07, 6.45) is 5.44. The fourth-order valence-corrected chi connectivity index (χ4v) is 3.20. The minimum absolute atomic E-state index is 0.0228. The molecule has 2 aromatic rings. The second-order valence-electron chi connectivity index (χ2n) is 6.46. The molecule has 2 N–H and O–H groups in total. The minimum Gasteiger partial charge on any atom is -0.497 e. The first-order valence-electron chi connectivity index (χ1n) is 8.95. The molecule has 0 radical (unpaired) electrons. The van der Waals surface area contributed by atoms with Crippen LogP contribution in [0, 0.1) is 5.41 Å². The lowest BCUT2D eigenvalue weighted by molar-refractivity contribution is 0.0343. The fraction of sp³-hybridized carbons (Fsp3) is 0.381. The molecule has 1 unspecified atom stereocenters. The van der Waals surface area contributed by atoms with E-state index in [1.165, 1.54) is 12.6 Å². The van der Waals surface area contributed by atoms with E-state index in [0.717, 1.165) is 59.7 Å². The van der Waals surface area contributed by atoms with Crippen LogP contribution in [0.15, 0.2) is 36.4 Å². The van der Waals surface area contributed by atoms with E-state index >= 15 is 0 Å². The Morgan fingerprint density at radius 2 is 1.85 bits per heavy atom. The van der Waals surface area contributed by atoms with Gasteiger partial charge < -0.3 is 24.9 Å². The maximum absolute atomic E-state index is 7.66. The molecule has 0 bridgehead atoms. The molecule has 1 fully saturated rings. The zero-order valence-electron chi connectivity index (χ0n) is 15.4. The van der Waals surface area contributed by atoms with Gasteiger partial charge >= 0.3 is 0 Å². The number of anilines is 1. The number of ether oxygens (including phenoxy) is 3. The van der Waals surface area contributed by atoms with Crippen LogP contribution in [0.4, 0.5) is 5.69 Å². The van der Waals surface area contributed by atoms with Crippen molar-refractivity contribution in [3.05, 3.63) is 53.1 Å². The van der Waals surface area contributed by atoms with Crippen molar-refractivity contribution in [3.8, 4) is 11.5 Å². The predicted molar refractivity (Wildman–Crippen MR) is 104 cm³/mol. The number of hydrogen-bond acceptors (Lipinski definition) is 5. The molecule has 1 aliphatic rings. The van der Waals surface area contributed by atoms with Gasteiger partial charge in [-0.25, -0.2) is 0 Å². The lowest BCUT2D eigenvalue weighted by Gasteiger charge is -2.25. The third kappa shape index (κ3) is 4.55. The van der Waals surface area contributed by atoms with Crippen molar-refractivity contribution < 1.29 is 14.2 Å². The average molecular weight is 354 g/mol. The van der Waals surface area contributed by atoms with Crippen LogP contribution in [0.5, 0.6) is 11.5 Å². The molecule has 26 heavy (non-hydrogen) atoms. The van der Waals surface area contributed by atoms with Gasteiger partial charge in [0.15, 0.2) is 0 Å². The van der Waals surface area contributed by atoms with Crippen molar-refractivity contribution in [1.82, 2.24) is 0 Å². The van der Waals surface area contributed by atoms with Gasteiger partial charge in [-0.05, 0) is 55.0 Å². The van der Waals surface area contributed by atoms with Crippen molar-refractivity contribution in [3.63, 3.8) is 0 Å². The average Bonchev–Trinajstić information content (AvgIpc) is 2.68. The molecular formula is C21H26N2O3. The first-order valence-corrected chi connectivity index (χ1v) is 8.95. The highest BCUT2D eigenvalue weighted by molar-refractivity contribution is 5.86. The number of methoxy groups -OCH3 is 2. The Morgan fingerprint density at radius 3 is 2.46 bits per heavy atom. The van der Waals surface area contributed by atoms with Gasteiger partial charge in [-0.2, -0.15) is 0 Å². The van der Waals surface area contributed by atoms with Crippen LogP contribution in [0.25, 0.3) is 0 Å². The highest BCUT2D eigenvalue weighted by Crippen LogP contribution is 2.26. The summed E-state index contributed by atoms with van der Waals surface area (Å²) in [6.45, 7) is 0.793. The summed E-state index contributed by atoms with van der Waals surface area (Å²) in [5.74, 6) is 1.56. The summed E-state index contributed by atoms with van der Waals surface area (Å²) >= 11 is 0. The monoisotopic (exact) mass is 354 g/mol. The zero-order valence-corrected chi connectivity index (χ0v) is 15.4. The Kier molecular flexibility index (Phi) is 6.12. The van der Waals surface area contributed by atoms with E-state index in [1.807, 2.05) is 24.3 Å². The van der Waals surface area contributed by atoms with Gasteiger partial charge in [-0.1, -0.05) is 12.1 Å². The Hall–Kier alpha value is -2.53. The first-order chi connectivity index (χ1) is 12.7. The maximum Gasteiger partial charge on any atom is 0.127 e. The summed E-state index contributed by atoms with van der Waals surface area (Å²) < 4.78 is 16.5. The molecule has 0 aliphatic carbocycles. The Balaban J connectivity index is 1.81. The Morgan fingerprint density at radius 1 is 1.08 bits per heavy atom. The van der Waals surface area contributed by atoms with E-state index in [9.17, 15) is 0 Å². The molecule has 1 aliphatic heterocycles. The van der Waals surface area contributed by atoms with Crippen LogP contribution in [0.3, 0.4) is 0 Å². The van der Waals surface area contributed by atoms with Crippen LogP contribution in [-0.4, -0.2) is 33.3 Å². The smallest absolute Gasteiger partial charge is 0.127 e. The molecule has 0 aromatic heterocycles. The van der Waals surface area contributed by atoms with E-state index < -0.39 is 0 Å². The number of nitrogens with one attached hydrogen (secondary N) is 2. The lowest BCUT2D eigenvalue weighted by Crippen LogP contribution is -2.27. The third-order valence-electron chi connectivity index (χ3n) is 4.59. The van der Waals surface area contributed by atoms with Gasteiger partial charge in [0.25, 0.3) is 0 Å². The Labute approximate surface area is 154 Å². The van der Waals surface area contributed by atoms with Gasteiger partial charge in [-0.3, -0.25) is 0 Å². The summed E-state index contributed by atoms with van der Waals surface area (Å²) in [4.78, 5) is 0. The first kappa shape index (κ1) is 18.3. The molecule has 1 atom stereocenters. The zero-order chi connectivity index (χ0) is 18.4. The summed E-state index contributed by atoms with van der Waals surface area (Å²) in [5, 5.41) is 11.1. The molecule has 0 amide bonds. The van der Waals surface area contributed by atoms with E-state index in [2.05, 4.69) is 17.4 Å². The van der Waals surface area contributed by atoms with Gasteiger partial charge in [0.05, 0.1) is 14.2 Å². The van der Waals surface area contributed by atoms with E-state index in [-0.39, 0.29) is 6.23 Å². The molecule has 0 saturated carbocycles. The molecule has 0 spiro atoms. The molecule has 3 rings (SSSR count). The van der Waals surface area contributed by atoms with E-state index in [0.29, 0.717) is 0 Å². The summed E-state index contributed by atoms with van der Waals surface area (Å²) in [7, 11) is 3.31. The summed E-state index contributed by atoms with van der Waals surface area (Å²) in [5.41, 5.74) is 4.08. The Bertz CT molecular complexity index is 733.